The smallest absolute Gasteiger partial charge is 0.194 e. The van der Waals surface area contributed by atoms with Gasteiger partial charge in [-0.15, -0.1) is 0 Å². The third kappa shape index (κ3) is 3.12. The summed E-state index contributed by atoms with van der Waals surface area (Å²) in [6.07, 6.45) is -0.0692. The first kappa shape index (κ1) is 16.0. The maximum atomic E-state index is 13.8. The fraction of sp³-hybridized carbons (Fsp3) is 0.308. The lowest BCUT2D eigenvalue weighted by atomic mass is 10.1. The van der Waals surface area contributed by atoms with Crippen LogP contribution in [0.3, 0.4) is 0 Å². The predicted molar refractivity (Wildman–Crippen MR) is 72.2 cm³/mol. The number of aliphatic hydroxyl groups is 1. The highest BCUT2D eigenvalue weighted by Crippen LogP contribution is 2.31. The van der Waals surface area contributed by atoms with E-state index >= 15 is 0 Å². The van der Waals surface area contributed by atoms with Crippen LogP contribution in [0.1, 0.15) is 17.4 Å². The van der Waals surface area contributed by atoms with Gasteiger partial charge in [0.2, 0.25) is 0 Å². The monoisotopic (exact) mass is 364 g/mol. The standard InChI is InChI=1S/C13H12BrF3N2O2/c1-21-5-4-19-12(8(14)6-18-19)13(20)7-2-3-9(15)11(17)10(7)16/h2-3,6,13,20H,4-5H2,1H3. The van der Waals surface area contributed by atoms with Crippen LogP contribution in [0, 0.1) is 17.5 Å². The molecule has 0 aliphatic carbocycles. The number of ether oxygens (including phenoxy) is 1. The minimum absolute atomic E-state index is 0.233. The molecule has 0 radical (unpaired) electrons. The normalized spacial score (nSPS) is 12.7. The Bertz CT molecular complexity index is 649. The third-order valence-corrected chi connectivity index (χ3v) is 3.57. The van der Waals surface area contributed by atoms with Gasteiger partial charge in [-0.3, -0.25) is 4.68 Å². The molecular formula is C13H12BrF3N2O2. The number of aromatic nitrogens is 2. The topological polar surface area (TPSA) is 47.3 Å². The van der Waals surface area contributed by atoms with Gasteiger partial charge in [0.25, 0.3) is 0 Å². The number of hydrogen-bond acceptors (Lipinski definition) is 3. The zero-order valence-electron chi connectivity index (χ0n) is 11.0. The SMILES string of the molecule is COCCn1ncc(Br)c1C(O)c1ccc(F)c(F)c1F. The zero-order chi connectivity index (χ0) is 15.6. The van der Waals surface area contributed by atoms with Crippen molar-refractivity contribution in [2.45, 2.75) is 12.6 Å². The van der Waals surface area contributed by atoms with Crippen molar-refractivity contribution >= 4 is 15.9 Å². The van der Waals surface area contributed by atoms with E-state index in [-0.39, 0.29) is 11.3 Å². The highest BCUT2D eigenvalue weighted by molar-refractivity contribution is 9.10. The molecule has 8 heteroatoms. The minimum atomic E-state index is -1.62. The fourth-order valence-electron chi connectivity index (χ4n) is 1.90. The first-order chi connectivity index (χ1) is 9.97. The second-order valence-corrected chi connectivity index (χ2v) is 5.12. The van der Waals surface area contributed by atoms with Gasteiger partial charge in [0.15, 0.2) is 17.5 Å². The molecule has 4 nitrogen and oxygen atoms in total. The summed E-state index contributed by atoms with van der Waals surface area (Å²) in [7, 11) is 1.50. The Balaban J connectivity index is 2.43. The molecule has 1 aromatic carbocycles. The number of aliphatic hydroxyl groups excluding tert-OH is 1. The number of methoxy groups -OCH3 is 1. The summed E-state index contributed by atoms with van der Waals surface area (Å²) in [6.45, 7) is 0.647. The van der Waals surface area contributed by atoms with Crippen LogP contribution >= 0.6 is 15.9 Å². The maximum absolute atomic E-state index is 13.8. The minimum Gasteiger partial charge on any atom is -0.383 e. The van der Waals surface area contributed by atoms with Gasteiger partial charge in [-0.1, -0.05) is 0 Å². The van der Waals surface area contributed by atoms with E-state index in [9.17, 15) is 18.3 Å². The van der Waals surface area contributed by atoms with E-state index in [0.29, 0.717) is 17.6 Å². The molecule has 1 unspecified atom stereocenters. The van der Waals surface area contributed by atoms with Crippen LogP contribution in [-0.4, -0.2) is 28.6 Å². The van der Waals surface area contributed by atoms with Crippen molar-refractivity contribution in [1.82, 2.24) is 9.78 Å². The van der Waals surface area contributed by atoms with Crippen LogP contribution in [0.5, 0.6) is 0 Å². The van der Waals surface area contributed by atoms with E-state index in [1.54, 1.807) is 0 Å². The molecule has 2 rings (SSSR count). The van der Waals surface area contributed by atoms with Gasteiger partial charge >= 0.3 is 0 Å². The average Bonchev–Trinajstić information content (AvgIpc) is 2.83. The van der Waals surface area contributed by atoms with E-state index in [1.165, 1.54) is 18.0 Å². The average molecular weight is 365 g/mol. The molecule has 2 aromatic rings. The van der Waals surface area contributed by atoms with Crippen LogP contribution in [0.25, 0.3) is 0 Å². The Labute approximate surface area is 127 Å². The molecule has 0 aliphatic rings. The fourth-order valence-corrected chi connectivity index (χ4v) is 2.41. The Morgan fingerprint density at radius 3 is 2.71 bits per heavy atom. The number of rotatable bonds is 5. The summed E-state index contributed by atoms with van der Waals surface area (Å²) < 4.78 is 46.7. The Kier molecular flexibility index (Phi) is 5.02. The predicted octanol–water partition coefficient (Wildman–Crippen LogP) is 2.79. The second-order valence-electron chi connectivity index (χ2n) is 4.26. The molecule has 1 N–H and O–H groups in total. The molecule has 0 saturated carbocycles. The number of benzene rings is 1. The number of nitrogens with zero attached hydrogens (tertiary/aromatic N) is 2. The molecule has 1 atom stereocenters. The van der Waals surface area contributed by atoms with E-state index in [0.717, 1.165) is 12.1 Å². The van der Waals surface area contributed by atoms with Gasteiger partial charge < -0.3 is 9.84 Å². The van der Waals surface area contributed by atoms with E-state index in [4.69, 9.17) is 4.74 Å². The summed E-state index contributed by atoms with van der Waals surface area (Å²) in [4.78, 5) is 0. The molecule has 0 bridgehead atoms. The summed E-state index contributed by atoms with van der Waals surface area (Å²) >= 11 is 3.19. The van der Waals surface area contributed by atoms with Gasteiger partial charge in [-0.25, -0.2) is 13.2 Å². The van der Waals surface area contributed by atoms with Crippen molar-refractivity contribution in [2.24, 2.45) is 0 Å². The Morgan fingerprint density at radius 1 is 1.33 bits per heavy atom. The van der Waals surface area contributed by atoms with Gasteiger partial charge in [-0.2, -0.15) is 5.10 Å². The summed E-state index contributed by atoms with van der Waals surface area (Å²) in [5, 5.41) is 14.3. The molecule has 0 saturated heterocycles. The van der Waals surface area contributed by atoms with Crippen molar-refractivity contribution < 1.29 is 23.0 Å². The molecule has 0 amide bonds. The zero-order valence-corrected chi connectivity index (χ0v) is 12.6. The molecule has 21 heavy (non-hydrogen) atoms. The lowest BCUT2D eigenvalue weighted by Crippen LogP contribution is -2.15. The van der Waals surface area contributed by atoms with Crippen molar-refractivity contribution in [1.29, 1.82) is 0 Å². The quantitative estimate of drug-likeness (QED) is 0.829. The molecule has 0 spiro atoms. The van der Waals surface area contributed by atoms with Crippen molar-refractivity contribution in [2.75, 3.05) is 13.7 Å². The van der Waals surface area contributed by atoms with E-state index < -0.39 is 23.6 Å². The third-order valence-electron chi connectivity index (χ3n) is 2.96. The Hall–Kier alpha value is -1.38. The van der Waals surface area contributed by atoms with Gasteiger partial charge in [-0.05, 0) is 28.1 Å². The molecular weight excluding hydrogens is 353 g/mol. The van der Waals surface area contributed by atoms with Crippen molar-refractivity contribution in [3.63, 3.8) is 0 Å². The Morgan fingerprint density at radius 2 is 2.05 bits per heavy atom. The van der Waals surface area contributed by atoms with Crippen LogP contribution in [0.15, 0.2) is 22.8 Å². The largest absolute Gasteiger partial charge is 0.383 e. The van der Waals surface area contributed by atoms with Gasteiger partial charge in [0, 0.05) is 12.7 Å². The summed E-state index contributed by atoms with van der Waals surface area (Å²) in [6, 6.07) is 1.76. The van der Waals surface area contributed by atoms with Crippen molar-refractivity contribution in [3.05, 3.63) is 51.5 Å². The molecule has 114 valence electrons. The van der Waals surface area contributed by atoms with E-state index in [2.05, 4.69) is 21.0 Å². The first-order valence-electron chi connectivity index (χ1n) is 5.99. The van der Waals surface area contributed by atoms with Crippen LogP contribution in [0.2, 0.25) is 0 Å². The van der Waals surface area contributed by atoms with Crippen LogP contribution in [0.4, 0.5) is 13.2 Å². The molecule has 0 fully saturated rings. The maximum Gasteiger partial charge on any atom is 0.194 e. The highest BCUT2D eigenvalue weighted by Gasteiger charge is 2.25. The van der Waals surface area contributed by atoms with E-state index in [1.807, 2.05) is 0 Å². The summed E-state index contributed by atoms with van der Waals surface area (Å²) in [5.74, 6) is -4.35. The second kappa shape index (κ2) is 6.59. The molecule has 1 heterocycles. The number of hydrogen-bond donors (Lipinski definition) is 1. The van der Waals surface area contributed by atoms with Gasteiger partial charge in [0.1, 0.15) is 6.10 Å². The van der Waals surface area contributed by atoms with Crippen LogP contribution < -0.4 is 0 Å². The molecule has 1 aromatic heterocycles. The lowest BCUT2D eigenvalue weighted by molar-refractivity contribution is 0.169. The number of halogens is 4. The molecule has 0 aliphatic heterocycles. The van der Waals surface area contributed by atoms with Crippen LogP contribution in [-0.2, 0) is 11.3 Å². The highest BCUT2D eigenvalue weighted by atomic mass is 79.9. The first-order valence-corrected chi connectivity index (χ1v) is 6.78. The van der Waals surface area contributed by atoms with Crippen molar-refractivity contribution in [3.8, 4) is 0 Å². The van der Waals surface area contributed by atoms with Gasteiger partial charge in [0.05, 0.1) is 29.5 Å². The lowest BCUT2D eigenvalue weighted by Gasteiger charge is -2.15. The summed E-state index contributed by atoms with van der Waals surface area (Å²) in [5.41, 5.74) is -0.134.